The minimum absolute atomic E-state index is 0.0560. The van der Waals surface area contributed by atoms with Gasteiger partial charge in [0, 0.05) is 5.71 Å². The average Bonchev–Trinajstić information content (AvgIpc) is 2.66. The van der Waals surface area contributed by atoms with E-state index in [0.717, 1.165) is 0 Å². The third-order valence-electron chi connectivity index (χ3n) is 3.30. The molecule has 0 spiro atoms. The first-order chi connectivity index (χ1) is 13.3. The van der Waals surface area contributed by atoms with E-state index < -0.39 is 15.0 Å². The minimum Gasteiger partial charge on any atom is -0.306 e. The number of nitrogens with one attached hydrogen (secondary N) is 2. The van der Waals surface area contributed by atoms with Gasteiger partial charge < -0.3 is 5.41 Å². The highest BCUT2D eigenvalue weighted by atomic mass is 32.2. The van der Waals surface area contributed by atoms with Crippen molar-refractivity contribution in [3.8, 4) is 0 Å². The molecule has 9 heteroatoms. The molecule has 8 nitrogen and oxygen atoms in total. The number of hydrogen-bond donors (Lipinski definition) is 3. The second kappa shape index (κ2) is 9.49. The summed E-state index contributed by atoms with van der Waals surface area (Å²) in [7, 11) is -4.53. The quantitative estimate of drug-likeness (QED) is 0.253. The zero-order valence-corrected chi connectivity index (χ0v) is 15.9. The van der Waals surface area contributed by atoms with E-state index in [0.29, 0.717) is 17.1 Å². The topological polar surface area (TPSA) is 127 Å². The SMILES string of the molecule is C=CC(C=CC(C)=N)=NNc1ccc(N=Nc2ccccc2)cc1S(=O)(=O)O. The molecule has 0 aromatic heterocycles. The molecule has 0 aliphatic carbocycles. The molecule has 2 aromatic carbocycles. The van der Waals surface area contributed by atoms with Crippen molar-refractivity contribution in [3.05, 3.63) is 73.3 Å². The molecule has 0 bridgehead atoms. The third-order valence-corrected chi connectivity index (χ3v) is 4.19. The number of hydrogen-bond acceptors (Lipinski definition) is 7. The number of anilines is 1. The van der Waals surface area contributed by atoms with Crippen LogP contribution in [-0.4, -0.2) is 24.4 Å². The van der Waals surface area contributed by atoms with Crippen molar-refractivity contribution in [1.29, 1.82) is 5.41 Å². The van der Waals surface area contributed by atoms with Crippen LogP contribution >= 0.6 is 0 Å². The zero-order valence-electron chi connectivity index (χ0n) is 15.1. The lowest BCUT2D eigenvalue weighted by molar-refractivity contribution is 0.483. The van der Waals surface area contributed by atoms with Gasteiger partial charge in [-0.2, -0.15) is 23.7 Å². The van der Waals surface area contributed by atoms with Crippen molar-refractivity contribution < 1.29 is 13.0 Å². The summed E-state index contributed by atoms with van der Waals surface area (Å²) in [6.07, 6.45) is 4.48. The molecule has 0 saturated heterocycles. The van der Waals surface area contributed by atoms with Gasteiger partial charge in [-0.25, -0.2) is 0 Å². The van der Waals surface area contributed by atoms with Crippen molar-refractivity contribution in [2.75, 3.05) is 5.43 Å². The van der Waals surface area contributed by atoms with Crippen LogP contribution in [0.25, 0.3) is 0 Å². The van der Waals surface area contributed by atoms with Gasteiger partial charge in [-0.3, -0.25) is 9.98 Å². The van der Waals surface area contributed by atoms with Crippen molar-refractivity contribution in [2.24, 2.45) is 15.3 Å². The van der Waals surface area contributed by atoms with Crippen molar-refractivity contribution in [2.45, 2.75) is 11.8 Å². The van der Waals surface area contributed by atoms with E-state index in [4.69, 9.17) is 5.41 Å². The summed E-state index contributed by atoms with van der Waals surface area (Å²) in [5.74, 6) is 0. The van der Waals surface area contributed by atoms with Gasteiger partial charge in [0.1, 0.15) is 4.90 Å². The van der Waals surface area contributed by atoms with Crippen LogP contribution in [0.15, 0.2) is 93.6 Å². The predicted octanol–water partition coefficient (Wildman–Crippen LogP) is 4.90. The molecule has 0 aliphatic rings. The highest BCUT2D eigenvalue weighted by molar-refractivity contribution is 7.86. The molecular formula is C19H19N5O3S. The fourth-order valence-corrected chi connectivity index (χ4v) is 2.64. The molecule has 0 atom stereocenters. The van der Waals surface area contributed by atoms with E-state index in [1.54, 1.807) is 31.2 Å². The maximum Gasteiger partial charge on any atom is 0.296 e. The Labute approximate surface area is 163 Å². The highest BCUT2D eigenvalue weighted by Crippen LogP contribution is 2.28. The van der Waals surface area contributed by atoms with E-state index in [-0.39, 0.29) is 11.4 Å². The van der Waals surface area contributed by atoms with Crippen LogP contribution in [0.3, 0.4) is 0 Å². The molecule has 0 amide bonds. The van der Waals surface area contributed by atoms with Crippen LogP contribution in [0, 0.1) is 5.41 Å². The van der Waals surface area contributed by atoms with E-state index in [1.807, 2.05) is 6.07 Å². The molecule has 0 saturated carbocycles. The Morgan fingerprint density at radius 3 is 2.39 bits per heavy atom. The summed E-state index contributed by atoms with van der Waals surface area (Å²) >= 11 is 0. The van der Waals surface area contributed by atoms with Gasteiger partial charge in [0.15, 0.2) is 0 Å². The van der Waals surface area contributed by atoms with Crippen LogP contribution < -0.4 is 5.43 Å². The maximum absolute atomic E-state index is 11.7. The Bertz CT molecular complexity index is 1060. The Balaban J connectivity index is 2.34. The summed E-state index contributed by atoms with van der Waals surface area (Å²) in [6, 6.07) is 13.1. The first kappa shape index (κ1) is 20.9. The number of azo groups is 1. The summed E-state index contributed by atoms with van der Waals surface area (Å²) in [6.45, 7) is 5.20. The molecule has 2 rings (SSSR count). The molecule has 0 heterocycles. The normalized spacial score (nSPS) is 12.4. The fourth-order valence-electron chi connectivity index (χ4n) is 1.98. The molecule has 0 unspecified atom stereocenters. The van der Waals surface area contributed by atoms with Gasteiger partial charge in [-0.05, 0) is 55.5 Å². The monoisotopic (exact) mass is 397 g/mol. The molecule has 144 valence electrons. The molecule has 0 aliphatic heterocycles. The number of benzene rings is 2. The van der Waals surface area contributed by atoms with E-state index in [1.165, 1.54) is 36.4 Å². The predicted molar refractivity (Wildman–Crippen MR) is 111 cm³/mol. The smallest absolute Gasteiger partial charge is 0.296 e. The van der Waals surface area contributed by atoms with Gasteiger partial charge in [-0.15, -0.1) is 0 Å². The Kier molecular flexibility index (Phi) is 7.08. The number of hydrazone groups is 1. The van der Waals surface area contributed by atoms with Crippen molar-refractivity contribution in [1.82, 2.24) is 0 Å². The molecular weight excluding hydrogens is 378 g/mol. The molecule has 0 fully saturated rings. The lowest BCUT2D eigenvalue weighted by Crippen LogP contribution is -2.04. The van der Waals surface area contributed by atoms with Crippen molar-refractivity contribution >= 4 is 38.6 Å². The number of rotatable bonds is 8. The van der Waals surface area contributed by atoms with Crippen LogP contribution in [-0.2, 0) is 10.1 Å². The van der Waals surface area contributed by atoms with E-state index >= 15 is 0 Å². The van der Waals surface area contributed by atoms with Gasteiger partial charge in [-0.1, -0.05) is 24.8 Å². The zero-order chi connectivity index (χ0) is 20.6. The molecule has 2 aromatic rings. The summed E-state index contributed by atoms with van der Waals surface area (Å²) < 4.78 is 33.0. The Morgan fingerprint density at radius 2 is 1.79 bits per heavy atom. The summed E-state index contributed by atoms with van der Waals surface area (Å²) in [4.78, 5) is -0.392. The van der Waals surface area contributed by atoms with Gasteiger partial charge >= 0.3 is 0 Å². The molecule has 0 radical (unpaired) electrons. The van der Waals surface area contributed by atoms with Gasteiger partial charge in [0.2, 0.25) is 0 Å². The lowest BCUT2D eigenvalue weighted by Gasteiger charge is -2.07. The summed E-state index contributed by atoms with van der Waals surface area (Å²) in [5, 5.41) is 19.4. The third kappa shape index (κ3) is 6.38. The van der Waals surface area contributed by atoms with Crippen LogP contribution in [0.4, 0.5) is 17.1 Å². The van der Waals surface area contributed by atoms with E-state index in [2.05, 4.69) is 27.3 Å². The minimum atomic E-state index is -4.53. The van der Waals surface area contributed by atoms with Crippen LogP contribution in [0.1, 0.15) is 6.92 Å². The van der Waals surface area contributed by atoms with Gasteiger partial charge in [0.05, 0.1) is 22.8 Å². The summed E-state index contributed by atoms with van der Waals surface area (Å²) in [5.41, 5.74) is 4.18. The van der Waals surface area contributed by atoms with E-state index in [9.17, 15) is 13.0 Å². The molecule has 28 heavy (non-hydrogen) atoms. The number of nitrogens with zero attached hydrogens (tertiary/aromatic N) is 3. The Hall–Kier alpha value is -3.43. The average molecular weight is 397 g/mol. The molecule has 3 N–H and O–H groups in total. The Morgan fingerprint density at radius 1 is 1.11 bits per heavy atom. The van der Waals surface area contributed by atoms with Gasteiger partial charge in [0.25, 0.3) is 10.1 Å². The highest BCUT2D eigenvalue weighted by Gasteiger charge is 2.16. The lowest BCUT2D eigenvalue weighted by atomic mass is 10.3. The van der Waals surface area contributed by atoms with Crippen LogP contribution in [0.2, 0.25) is 0 Å². The second-order valence-corrected chi connectivity index (χ2v) is 6.95. The standard InChI is InChI=1S/C19H19N5O3S/c1-3-15(10-9-14(2)20)21-24-18-12-11-17(13-19(18)28(25,26)27)23-22-16-7-5-4-6-8-16/h3-13,20,24H,1H2,2H3,(H,25,26,27). The second-order valence-electron chi connectivity index (χ2n) is 5.56. The largest absolute Gasteiger partial charge is 0.306 e. The first-order valence-electron chi connectivity index (χ1n) is 8.07. The fraction of sp³-hybridized carbons (Fsp3) is 0.0526. The van der Waals surface area contributed by atoms with Crippen LogP contribution in [0.5, 0.6) is 0 Å². The maximum atomic E-state index is 11.7. The first-order valence-corrected chi connectivity index (χ1v) is 9.51. The number of allylic oxidation sites excluding steroid dienone is 3. The van der Waals surface area contributed by atoms with Crippen molar-refractivity contribution in [3.63, 3.8) is 0 Å².